The maximum absolute atomic E-state index is 11.9. The van der Waals surface area contributed by atoms with Gasteiger partial charge in [0.15, 0.2) is 5.60 Å². The highest BCUT2D eigenvalue weighted by Gasteiger charge is 2.40. The summed E-state index contributed by atoms with van der Waals surface area (Å²) >= 11 is 12.9. The third-order valence-corrected chi connectivity index (χ3v) is 5.27. The van der Waals surface area contributed by atoms with Crippen LogP contribution in [0.15, 0.2) is 77.2 Å². The van der Waals surface area contributed by atoms with Crippen molar-refractivity contribution in [3.05, 3.63) is 99.7 Å². The van der Waals surface area contributed by atoms with Crippen LogP contribution in [0.2, 0.25) is 10.0 Å². The van der Waals surface area contributed by atoms with Crippen molar-refractivity contribution < 1.29 is 14.3 Å². The number of halogens is 2. The minimum absolute atomic E-state index is 0.326. The molecule has 0 bridgehead atoms. The number of aliphatic hydroxyl groups is 1. The van der Waals surface area contributed by atoms with Gasteiger partial charge in [-0.15, -0.1) is 0 Å². The Labute approximate surface area is 166 Å². The van der Waals surface area contributed by atoms with Gasteiger partial charge in [-0.25, -0.2) is 0 Å². The molecule has 1 aromatic heterocycles. The van der Waals surface area contributed by atoms with Crippen LogP contribution < -0.4 is 4.74 Å². The third kappa shape index (κ3) is 2.98. The molecule has 0 saturated heterocycles. The van der Waals surface area contributed by atoms with Gasteiger partial charge in [0.25, 0.3) is 0 Å². The maximum Gasteiger partial charge on any atom is 0.175 e. The summed E-state index contributed by atoms with van der Waals surface area (Å²) in [5.41, 5.74) is -0.0680. The van der Waals surface area contributed by atoms with Crippen LogP contribution >= 0.6 is 23.2 Å². The van der Waals surface area contributed by atoms with Crippen LogP contribution in [0.25, 0.3) is 11.0 Å². The first-order valence-electron chi connectivity index (χ1n) is 8.34. The molecule has 3 nitrogen and oxygen atoms in total. The first-order valence-corrected chi connectivity index (χ1v) is 9.10. The minimum atomic E-state index is -1.65. The normalized spacial score (nSPS) is 11.7. The van der Waals surface area contributed by atoms with E-state index in [1.807, 2.05) is 36.4 Å². The molecule has 0 aliphatic rings. The summed E-state index contributed by atoms with van der Waals surface area (Å²) < 4.78 is 11.3. The molecule has 136 valence electrons. The molecule has 0 spiro atoms. The molecule has 1 heterocycles. The molecule has 0 fully saturated rings. The Balaban J connectivity index is 2.02. The van der Waals surface area contributed by atoms with Crippen molar-refractivity contribution in [1.29, 1.82) is 0 Å². The Morgan fingerprint density at radius 3 is 2.00 bits per heavy atom. The van der Waals surface area contributed by atoms with E-state index >= 15 is 0 Å². The van der Waals surface area contributed by atoms with E-state index in [0.29, 0.717) is 38.3 Å². The summed E-state index contributed by atoms with van der Waals surface area (Å²) in [4.78, 5) is 0. The standard InChI is InChI=1S/C22H16Cl2O3/c1-26-15-11-10-14-12-21(27-20(14)13-15)22(25,16-6-2-4-8-18(16)23)17-7-3-5-9-19(17)24/h2-13,25H,1H3. The van der Waals surface area contributed by atoms with Crippen LogP contribution in [-0.4, -0.2) is 12.2 Å². The van der Waals surface area contributed by atoms with Crippen LogP contribution in [0.4, 0.5) is 0 Å². The van der Waals surface area contributed by atoms with E-state index in [2.05, 4.69) is 0 Å². The largest absolute Gasteiger partial charge is 0.497 e. The van der Waals surface area contributed by atoms with Crippen molar-refractivity contribution in [3.8, 4) is 5.75 Å². The van der Waals surface area contributed by atoms with E-state index in [9.17, 15) is 5.11 Å². The fraction of sp³-hybridized carbons (Fsp3) is 0.0909. The van der Waals surface area contributed by atoms with Crippen molar-refractivity contribution in [1.82, 2.24) is 0 Å². The molecule has 0 aliphatic heterocycles. The van der Waals surface area contributed by atoms with Crippen LogP contribution in [0, 0.1) is 0 Å². The van der Waals surface area contributed by atoms with Crippen molar-refractivity contribution in [2.24, 2.45) is 0 Å². The number of rotatable bonds is 4. The Morgan fingerprint density at radius 1 is 0.852 bits per heavy atom. The summed E-state index contributed by atoms with van der Waals surface area (Å²) in [6.07, 6.45) is 0. The Kier molecular flexibility index (Phi) is 4.60. The number of ether oxygens (including phenoxy) is 1. The molecule has 0 radical (unpaired) electrons. The molecule has 5 heteroatoms. The lowest BCUT2D eigenvalue weighted by Crippen LogP contribution is -2.29. The smallest absolute Gasteiger partial charge is 0.175 e. The van der Waals surface area contributed by atoms with E-state index in [4.69, 9.17) is 32.4 Å². The van der Waals surface area contributed by atoms with Gasteiger partial charge in [-0.2, -0.15) is 0 Å². The quantitative estimate of drug-likeness (QED) is 0.456. The average Bonchev–Trinajstić information content (AvgIpc) is 3.12. The minimum Gasteiger partial charge on any atom is -0.497 e. The SMILES string of the molecule is COc1ccc2cc(C(O)(c3ccccc3Cl)c3ccccc3Cl)oc2c1. The first-order chi connectivity index (χ1) is 13.0. The number of hydrogen-bond acceptors (Lipinski definition) is 3. The second kappa shape index (κ2) is 6.93. The zero-order valence-corrected chi connectivity index (χ0v) is 16.0. The molecule has 0 amide bonds. The van der Waals surface area contributed by atoms with Gasteiger partial charge in [0.05, 0.1) is 7.11 Å². The summed E-state index contributed by atoms with van der Waals surface area (Å²) in [6.45, 7) is 0. The predicted molar refractivity (Wildman–Crippen MR) is 108 cm³/mol. The molecule has 4 rings (SSSR count). The molecule has 27 heavy (non-hydrogen) atoms. The molecule has 0 aliphatic carbocycles. The highest BCUT2D eigenvalue weighted by molar-refractivity contribution is 6.32. The second-order valence-corrected chi connectivity index (χ2v) is 7.00. The monoisotopic (exact) mass is 398 g/mol. The van der Waals surface area contributed by atoms with Crippen LogP contribution in [0.1, 0.15) is 16.9 Å². The van der Waals surface area contributed by atoms with Gasteiger partial charge < -0.3 is 14.3 Å². The fourth-order valence-corrected chi connectivity index (χ4v) is 3.78. The number of methoxy groups -OCH3 is 1. The molecule has 3 aromatic carbocycles. The summed E-state index contributed by atoms with van der Waals surface area (Å²) in [5, 5.41) is 13.6. The van der Waals surface area contributed by atoms with Gasteiger partial charge in [0, 0.05) is 32.6 Å². The molecule has 0 saturated carbocycles. The Bertz CT molecular complexity index is 1070. The van der Waals surface area contributed by atoms with E-state index < -0.39 is 5.60 Å². The Morgan fingerprint density at radius 2 is 1.44 bits per heavy atom. The average molecular weight is 399 g/mol. The third-order valence-electron chi connectivity index (χ3n) is 4.61. The molecular formula is C22H16Cl2O3. The van der Waals surface area contributed by atoms with Gasteiger partial charge in [-0.3, -0.25) is 0 Å². The summed E-state index contributed by atoms with van der Waals surface area (Å²) in [5.74, 6) is 0.995. The molecule has 0 unspecified atom stereocenters. The molecule has 0 atom stereocenters. The summed E-state index contributed by atoms with van der Waals surface area (Å²) in [7, 11) is 1.59. The lowest BCUT2D eigenvalue weighted by Gasteiger charge is -2.29. The fourth-order valence-electron chi connectivity index (χ4n) is 3.24. The predicted octanol–water partition coefficient (Wildman–Crippen LogP) is 6.03. The van der Waals surface area contributed by atoms with Gasteiger partial charge in [-0.05, 0) is 30.3 Å². The number of fused-ring (bicyclic) bond motifs is 1. The van der Waals surface area contributed by atoms with Crippen molar-refractivity contribution in [3.63, 3.8) is 0 Å². The number of furan rings is 1. The van der Waals surface area contributed by atoms with E-state index in [1.165, 1.54) is 0 Å². The topological polar surface area (TPSA) is 42.6 Å². The van der Waals surface area contributed by atoms with Crippen molar-refractivity contribution >= 4 is 34.2 Å². The Hall–Kier alpha value is -2.46. The van der Waals surface area contributed by atoms with Gasteiger partial charge in [0.1, 0.15) is 17.1 Å². The van der Waals surface area contributed by atoms with Gasteiger partial charge in [-0.1, -0.05) is 59.6 Å². The van der Waals surface area contributed by atoms with Crippen LogP contribution in [0.3, 0.4) is 0 Å². The lowest BCUT2D eigenvalue weighted by atomic mass is 9.84. The van der Waals surface area contributed by atoms with E-state index in [1.54, 1.807) is 43.5 Å². The van der Waals surface area contributed by atoms with Crippen LogP contribution in [-0.2, 0) is 5.60 Å². The molecule has 4 aromatic rings. The van der Waals surface area contributed by atoms with Gasteiger partial charge in [0.2, 0.25) is 0 Å². The van der Waals surface area contributed by atoms with E-state index in [-0.39, 0.29) is 0 Å². The van der Waals surface area contributed by atoms with E-state index in [0.717, 1.165) is 5.39 Å². The van der Waals surface area contributed by atoms with Crippen molar-refractivity contribution in [2.75, 3.05) is 7.11 Å². The highest BCUT2D eigenvalue weighted by atomic mass is 35.5. The zero-order valence-electron chi connectivity index (χ0n) is 14.4. The zero-order chi connectivity index (χ0) is 19.0. The number of hydrogen-bond donors (Lipinski definition) is 1. The van der Waals surface area contributed by atoms with Crippen LogP contribution in [0.5, 0.6) is 5.75 Å². The van der Waals surface area contributed by atoms with Crippen molar-refractivity contribution in [2.45, 2.75) is 5.60 Å². The highest BCUT2D eigenvalue weighted by Crippen LogP contribution is 2.44. The first kappa shape index (κ1) is 17.9. The number of benzene rings is 3. The second-order valence-electron chi connectivity index (χ2n) is 6.18. The van der Waals surface area contributed by atoms with Gasteiger partial charge >= 0.3 is 0 Å². The molecular weight excluding hydrogens is 383 g/mol. The molecule has 1 N–H and O–H groups in total. The maximum atomic E-state index is 11.9. The summed E-state index contributed by atoms with van der Waals surface area (Å²) in [6, 6.07) is 21.5. The lowest BCUT2D eigenvalue weighted by molar-refractivity contribution is 0.101.